The molecule has 0 aliphatic heterocycles. The van der Waals surface area contributed by atoms with Crippen molar-refractivity contribution < 1.29 is 28.2 Å². The van der Waals surface area contributed by atoms with Gasteiger partial charge in [-0.1, -0.05) is 18.2 Å². The highest BCUT2D eigenvalue weighted by Crippen LogP contribution is 2.27. The lowest BCUT2D eigenvalue weighted by Crippen LogP contribution is -2.15. The lowest BCUT2D eigenvalue weighted by Gasteiger charge is -2.09. The van der Waals surface area contributed by atoms with Crippen LogP contribution in [0, 0.1) is 6.92 Å². The minimum absolute atomic E-state index is 0.0979. The molecule has 3 rings (SSSR count). The van der Waals surface area contributed by atoms with Gasteiger partial charge in [0.05, 0.1) is 19.8 Å². The smallest absolute Gasteiger partial charge is 0.375 e. The van der Waals surface area contributed by atoms with E-state index >= 15 is 0 Å². The van der Waals surface area contributed by atoms with Crippen LogP contribution in [0.2, 0.25) is 0 Å². The summed E-state index contributed by atoms with van der Waals surface area (Å²) in [7, 11) is 2.98. The number of esters is 1. The summed E-state index contributed by atoms with van der Waals surface area (Å²) in [4.78, 5) is 24.7. The first kappa shape index (κ1) is 17.5. The normalized spacial score (nSPS) is 10.6. The number of fused-ring (bicyclic) bond motifs is 1. The topological polar surface area (TPSA) is 75.0 Å². The third-order valence-electron chi connectivity index (χ3n) is 4.07. The van der Waals surface area contributed by atoms with E-state index in [0.717, 1.165) is 5.39 Å². The van der Waals surface area contributed by atoms with Crippen molar-refractivity contribution in [1.29, 1.82) is 0 Å². The summed E-state index contributed by atoms with van der Waals surface area (Å²) in [6.07, 6.45) is 0. The van der Waals surface area contributed by atoms with Gasteiger partial charge < -0.3 is 18.6 Å². The average Bonchev–Trinajstić information content (AvgIpc) is 3.02. The molecular weight excluding hydrogens is 336 g/mol. The van der Waals surface area contributed by atoms with Crippen LogP contribution in [0.3, 0.4) is 0 Å². The molecule has 0 saturated heterocycles. The number of benzene rings is 2. The molecule has 6 nitrogen and oxygen atoms in total. The molecule has 0 spiro atoms. The van der Waals surface area contributed by atoms with Crippen LogP contribution in [0.1, 0.15) is 26.5 Å². The fraction of sp³-hybridized carbons (Fsp3) is 0.200. The lowest BCUT2D eigenvalue weighted by atomic mass is 10.1. The van der Waals surface area contributed by atoms with Crippen LogP contribution in [0.25, 0.3) is 11.0 Å². The maximum absolute atomic E-state index is 12.4. The Morgan fingerprint density at radius 3 is 2.50 bits per heavy atom. The highest BCUT2D eigenvalue weighted by Gasteiger charge is 2.21. The molecular formula is C20H18O6. The first-order valence-corrected chi connectivity index (χ1v) is 7.95. The molecule has 0 amide bonds. The van der Waals surface area contributed by atoms with Crippen LogP contribution in [-0.2, 0) is 4.74 Å². The second-order valence-electron chi connectivity index (χ2n) is 5.62. The van der Waals surface area contributed by atoms with Crippen molar-refractivity contribution in [2.45, 2.75) is 6.92 Å². The zero-order valence-electron chi connectivity index (χ0n) is 14.7. The standard InChI is InChI=1S/C20H18O6/c1-12-14-6-4-5-7-17(14)26-19(12)20(22)25-11-16(21)15-9-8-13(23-2)10-18(15)24-3/h4-10H,11H2,1-3H3. The summed E-state index contributed by atoms with van der Waals surface area (Å²) in [5, 5.41) is 0.836. The minimum atomic E-state index is -0.681. The lowest BCUT2D eigenvalue weighted by molar-refractivity contribution is 0.0444. The quantitative estimate of drug-likeness (QED) is 0.495. The van der Waals surface area contributed by atoms with Crippen LogP contribution < -0.4 is 9.47 Å². The molecule has 2 aromatic carbocycles. The van der Waals surface area contributed by atoms with E-state index in [1.807, 2.05) is 18.2 Å². The Bertz CT molecular complexity index is 970. The van der Waals surface area contributed by atoms with E-state index in [9.17, 15) is 9.59 Å². The molecule has 0 aliphatic rings. The summed E-state index contributed by atoms with van der Waals surface area (Å²) in [5.74, 6) is -0.0505. The van der Waals surface area contributed by atoms with Crippen LogP contribution in [0.5, 0.6) is 11.5 Å². The van der Waals surface area contributed by atoms with Gasteiger partial charge in [0.25, 0.3) is 0 Å². The largest absolute Gasteiger partial charge is 0.497 e. The number of ether oxygens (including phenoxy) is 3. The van der Waals surface area contributed by atoms with Gasteiger partial charge in [-0.25, -0.2) is 4.79 Å². The van der Waals surface area contributed by atoms with Gasteiger partial charge in [0, 0.05) is 17.0 Å². The monoisotopic (exact) mass is 354 g/mol. The molecule has 3 aromatic rings. The molecule has 1 aromatic heterocycles. The summed E-state index contributed by atoms with van der Waals surface area (Å²) < 4.78 is 21.0. The van der Waals surface area contributed by atoms with Crippen molar-refractivity contribution >= 4 is 22.7 Å². The van der Waals surface area contributed by atoms with E-state index in [-0.39, 0.29) is 11.5 Å². The van der Waals surface area contributed by atoms with E-state index in [1.54, 1.807) is 31.2 Å². The van der Waals surface area contributed by atoms with E-state index in [2.05, 4.69) is 0 Å². The summed E-state index contributed by atoms with van der Waals surface area (Å²) in [6, 6.07) is 12.1. The van der Waals surface area contributed by atoms with E-state index < -0.39 is 12.6 Å². The Hall–Kier alpha value is -3.28. The molecule has 0 radical (unpaired) electrons. The molecule has 0 bridgehead atoms. The molecule has 0 fully saturated rings. The Morgan fingerprint density at radius 1 is 1.04 bits per heavy atom. The van der Waals surface area contributed by atoms with Crippen LogP contribution in [0.4, 0.5) is 0 Å². The number of Topliss-reactive ketones (excluding diaryl/α,β-unsaturated/α-hetero) is 1. The SMILES string of the molecule is COc1ccc(C(=O)COC(=O)c2oc3ccccc3c2C)c(OC)c1. The highest BCUT2D eigenvalue weighted by molar-refractivity contribution is 6.02. The number of hydrogen-bond acceptors (Lipinski definition) is 6. The molecule has 0 aliphatic carbocycles. The highest BCUT2D eigenvalue weighted by atomic mass is 16.5. The van der Waals surface area contributed by atoms with Gasteiger partial charge in [-0.05, 0) is 25.1 Å². The zero-order chi connectivity index (χ0) is 18.7. The molecule has 0 N–H and O–H groups in total. The van der Waals surface area contributed by atoms with Gasteiger partial charge in [-0.2, -0.15) is 0 Å². The van der Waals surface area contributed by atoms with Gasteiger partial charge in [-0.3, -0.25) is 4.79 Å². The Morgan fingerprint density at radius 2 is 1.81 bits per heavy atom. The van der Waals surface area contributed by atoms with Gasteiger partial charge in [0.1, 0.15) is 17.1 Å². The molecule has 26 heavy (non-hydrogen) atoms. The van der Waals surface area contributed by atoms with Crippen LogP contribution in [-0.4, -0.2) is 32.6 Å². The predicted octanol–water partition coefficient (Wildman–Crippen LogP) is 3.80. The van der Waals surface area contributed by atoms with Crippen molar-refractivity contribution in [1.82, 2.24) is 0 Å². The summed E-state index contributed by atoms with van der Waals surface area (Å²) >= 11 is 0. The number of methoxy groups -OCH3 is 2. The van der Waals surface area contributed by atoms with Gasteiger partial charge in [0.2, 0.25) is 11.5 Å². The predicted molar refractivity (Wildman–Crippen MR) is 95.1 cm³/mol. The Balaban J connectivity index is 1.75. The van der Waals surface area contributed by atoms with E-state index in [4.69, 9.17) is 18.6 Å². The van der Waals surface area contributed by atoms with E-state index in [1.165, 1.54) is 14.2 Å². The summed E-state index contributed by atoms with van der Waals surface area (Å²) in [5.41, 5.74) is 1.59. The summed E-state index contributed by atoms with van der Waals surface area (Å²) in [6.45, 7) is 1.36. The number of aryl methyl sites for hydroxylation is 1. The first-order chi connectivity index (χ1) is 12.5. The minimum Gasteiger partial charge on any atom is -0.497 e. The van der Waals surface area contributed by atoms with Crippen LogP contribution in [0.15, 0.2) is 46.9 Å². The molecule has 6 heteroatoms. The number of rotatable bonds is 6. The fourth-order valence-electron chi connectivity index (χ4n) is 2.67. The second kappa shape index (κ2) is 7.31. The van der Waals surface area contributed by atoms with Crippen LogP contribution >= 0.6 is 0 Å². The van der Waals surface area contributed by atoms with E-state index in [0.29, 0.717) is 28.2 Å². The van der Waals surface area contributed by atoms with Crippen molar-refractivity contribution in [2.24, 2.45) is 0 Å². The maximum Gasteiger partial charge on any atom is 0.375 e. The van der Waals surface area contributed by atoms with Gasteiger partial charge >= 0.3 is 5.97 Å². The van der Waals surface area contributed by atoms with Crippen molar-refractivity contribution in [3.8, 4) is 11.5 Å². The van der Waals surface area contributed by atoms with Crippen molar-refractivity contribution in [3.05, 3.63) is 59.4 Å². The molecule has 0 atom stereocenters. The number of carbonyl (C=O) groups is 2. The maximum atomic E-state index is 12.4. The molecule has 1 heterocycles. The fourth-order valence-corrected chi connectivity index (χ4v) is 2.67. The Labute approximate surface area is 150 Å². The van der Waals surface area contributed by atoms with Crippen molar-refractivity contribution in [3.63, 3.8) is 0 Å². The number of para-hydroxylation sites is 1. The first-order valence-electron chi connectivity index (χ1n) is 7.95. The number of hydrogen-bond donors (Lipinski definition) is 0. The Kier molecular flexibility index (Phi) is 4.93. The molecule has 0 unspecified atom stereocenters. The number of carbonyl (C=O) groups excluding carboxylic acids is 2. The van der Waals surface area contributed by atoms with Gasteiger partial charge in [-0.15, -0.1) is 0 Å². The molecule has 0 saturated carbocycles. The zero-order valence-corrected chi connectivity index (χ0v) is 14.7. The number of ketones is 1. The molecule has 134 valence electrons. The third kappa shape index (κ3) is 3.26. The third-order valence-corrected chi connectivity index (χ3v) is 4.07. The second-order valence-corrected chi connectivity index (χ2v) is 5.62. The van der Waals surface area contributed by atoms with Gasteiger partial charge in [0.15, 0.2) is 6.61 Å². The number of furan rings is 1. The van der Waals surface area contributed by atoms with Crippen molar-refractivity contribution in [2.75, 3.05) is 20.8 Å². The average molecular weight is 354 g/mol.